The maximum Gasteiger partial charge on any atom is 0.294 e. The van der Waals surface area contributed by atoms with Crippen LogP contribution in [-0.2, 0) is 4.74 Å². The summed E-state index contributed by atoms with van der Waals surface area (Å²) in [5.74, 6) is -0.419. The highest BCUT2D eigenvalue weighted by Crippen LogP contribution is 2.30. The lowest BCUT2D eigenvalue weighted by Gasteiger charge is -2.10. The van der Waals surface area contributed by atoms with Crippen molar-refractivity contribution in [1.29, 1.82) is 0 Å². The van der Waals surface area contributed by atoms with E-state index in [9.17, 15) is 14.9 Å². The largest absolute Gasteiger partial charge is 0.392 e. The van der Waals surface area contributed by atoms with Crippen molar-refractivity contribution in [2.24, 2.45) is 0 Å². The van der Waals surface area contributed by atoms with Gasteiger partial charge in [-0.2, -0.15) is 0 Å². The molecule has 1 fully saturated rings. The summed E-state index contributed by atoms with van der Waals surface area (Å²) in [6.45, 7) is 1.21. The normalized spacial score (nSPS) is 17.7. The van der Waals surface area contributed by atoms with Crippen LogP contribution >= 0.6 is 11.6 Å². The molecule has 0 radical (unpaired) electrons. The molecule has 1 aliphatic rings. The predicted molar refractivity (Wildman–Crippen MR) is 78.4 cm³/mol. The summed E-state index contributed by atoms with van der Waals surface area (Å²) in [5, 5.41) is 13.5. The lowest BCUT2D eigenvalue weighted by atomic mass is 10.1. The first-order valence-electron chi connectivity index (χ1n) is 6.62. The molecule has 8 heteroatoms. The highest BCUT2D eigenvalue weighted by Gasteiger charge is 2.20. The number of carbonyl (C=O) groups excluding carboxylic acids is 1. The van der Waals surface area contributed by atoms with Gasteiger partial charge in [-0.05, 0) is 25.3 Å². The van der Waals surface area contributed by atoms with E-state index < -0.39 is 10.8 Å². The number of nitrogens with two attached hydrogens (primary N) is 1. The quantitative estimate of drug-likeness (QED) is 0.492. The van der Waals surface area contributed by atoms with Crippen LogP contribution in [-0.4, -0.2) is 30.1 Å². The molecule has 0 spiro atoms. The molecule has 2 rings (SSSR count). The molecule has 3 N–H and O–H groups in total. The van der Waals surface area contributed by atoms with Crippen molar-refractivity contribution >= 4 is 28.9 Å². The van der Waals surface area contributed by atoms with Crippen LogP contribution in [0.1, 0.15) is 29.6 Å². The van der Waals surface area contributed by atoms with Crippen molar-refractivity contribution in [3.63, 3.8) is 0 Å². The van der Waals surface area contributed by atoms with Crippen LogP contribution < -0.4 is 11.1 Å². The van der Waals surface area contributed by atoms with Crippen LogP contribution in [0.25, 0.3) is 0 Å². The molecule has 7 nitrogen and oxygen atoms in total. The molecule has 0 bridgehead atoms. The number of hydrogen-bond donors (Lipinski definition) is 2. The Morgan fingerprint density at radius 1 is 1.57 bits per heavy atom. The molecule has 0 aromatic heterocycles. The summed E-state index contributed by atoms with van der Waals surface area (Å²) < 4.78 is 5.45. The van der Waals surface area contributed by atoms with Crippen molar-refractivity contribution in [1.82, 2.24) is 5.32 Å². The van der Waals surface area contributed by atoms with Crippen molar-refractivity contribution in [3.8, 4) is 0 Å². The van der Waals surface area contributed by atoms with Gasteiger partial charge in [-0.1, -0.05) is 11.6 Å². The Bertz CT molecular complexity index is 559. The standard InChI is InChI=1S/C13H16ClN3O4/c14-10-6-8(7-11(12(10)15)17(19)20)13(18)16-4-3-9-2-1-5-21-9/h6-7,9H,1-5,15H2,(H,16,18). The van der Waals surface area contributed by atoms with Crippen molar-refractivity contribution < 1.29 is 14.5 Å². The first kappa shape index (κ1) is 15.5. The predicted octanol–water partition coefficient (Wildman–Crippen LogP) is 2.13. The molecule has 1 aromatic rings. The van der Waals surface area contributed by atoms with Gasteiger partial charge < -0.3 is 15.8 Å². The third kappa shape index (κ3) is 3.83. The van der Waals surface area contributed by atoms with Crippen molar-refractivity contribution in [2.45, 2.75) is 25.4 Å². The molecular weight excluding hydrogens is 298 g/mol. The summed E-state index contributed by atoms with van der Waals surface area (Å²) in [7, 11) is 0. The van der Waals surface area contributed by atoms with Gasteiger partial charge in [0.25, 0.3) is 11.6 Å². The number of anilines is 1. The van der Waals surface area contributed by atoms with Crippen LogP contribution in [0.15, 0.2) is 12.1 Å². The number of nitrogens with zero attached hydrogens (tertiary/aromatic N) is 1. The first-order chi connectivity index (χ1) is 9.99. The van der Waals surface area contributed by atoms with Gasteiger partial charge in [-0.3, -0.25) is 14.9 Å². The molecule has 1 atom stereocenters. The van der Waals surface area contributed by atoms with E-state index in [1.807, 2.05) is 0 Å². The van der Waals surface area contributed by atoms with Crippen molar-refractivity contribution in [2.75, 3.05) is 18.9 Å². The zero-order valence-electron chi connectivity index (χ0n) is 11.3. The van der Waals surface area contributed by atoms with Gasteiger partial charge in [0.05, 0.1) is 16.0 Å². The fraction of sp³-hybridized carbons (Fsp3) is 0.462. The van der Waals surface area contributed by atoms with E-state index in [-0.39, 0.29) is 28.1 Å². The third-order valence-corrected chi connectivity index (χ3v) is 3.66. The van der Waals surface area contributed by atoms with Gasteiger partial charge in [0.2, 0.25) is 0 Å². The number of benzene rings is 1. The molecule has 1 amide bonds. The summed E-state index contributed by atoms with van der Waals surface area (Å²) in [5.41, 5.74) is 5.12. The lowest BCUT2D eigenvalue weighted by molar-refractivity contribution is -0.383. The topological polar surface area (TPSA) is 107 Å². The number of rotatable bonds is 5. The molecule has 1 aliphatic heterocycles. The second kappa shape index (κ2) is 6.73. The SMILES string of the molecule is Nc1c(Cl)cc(C(=O)NCCC2CCCO2)cc1[N+](=O)[O-]. The Morgan fingerprint density at radius 2 is 2.33 bits per heavy atom. The minimum atomic E-state index is -0.662. The average Bonchev–Trinajstić information content (AvgIpc) is 2.94. The highest BCUT2D eigenvalue weighted by molar-refractivity contribution is 6.34. The molecule has 114 valence electrons. The monoisotopic (exact) mass is 313 g/mol. The van der Waals surface area contributed by atoms with E-state index in [0.717, 1.165) is 31.9 Å². The number of hydrogen-bond acceptors (Lipinski definition) is 5. The molecule has 1 heterocycles. The second-order valence-electron chi connectivity index (χ2n) is 4.83. The highest BCUT2D eigenvalue weighted by atomic mass is 35.5. The smallest absolute Gasteiger partial charge is 0.294 e. The Labute approximate surface area is 126 Å². The van der Waals surface area contributed by atoms with E-state index in [0.29, 0.717) is 6.54 Å². The van der Waals surface area contributed by atoms with E-state index in [2.05, 4.69) is 5.32 Å². The lowest BCUT2D eigenvalue weighted by Crippen LogP contribution is -2.27. The van der Waals surface area contributed by atoms with Gasteiger partial charge >= 0.3 is 0 Å². The van der Waals surface area contributed by atoms with Gasteiger partial charge in [-0.25, -0.2) is 0 Å². The van der Waals surface area contributed by atoms with Crippen LogP contribution in [0.4, 0.5) is 11.4 Å². The zero-order valence-corrected chi connectivity index (χ0v) is 12.1. The van der Waals surface area contributed by atoms with Gasteiger partial charge in [0.15, 0.2) is 0 Å². The van der Waals surface area contributed by atoms with E-state index in [4.69, 9.17) is 22.1 Å². The number of ether oxygens (including phenoxy) is 1. The number of nitro benzene ring substituents is 1. The minimum Gasteiger partial charge on any atom is -0.392 e. The Balaban J connectivity index is 1.99. The number of nitrogen functional groups attached to an aromatic ring is 1. The number of halogens is 1. The second-order valence-corrected chi connectivity index (χ2v) is 5.23. The summed E-state index contributed by atoms with van der Waals surface area (Å²) >= 11 is 5.82. The number of nitrogens with one attached hydrogen (secondary N) is 1. The van der Waals surface area contributed by atoms with Gasteiger partial charge in [-0.15, -0.1) is 0 Å². The van der Waals surface area contributed by atoms with E-state index >= 15 is 0 Å². The molecule has 1 aromatic carbocycles. The molecule has 0 aliphatic carbocycles. The average molecular weight is 314 g/mol. The Kier molecular flexibility index (Phi) is 4.98. The molecule has 1 saturated heterocycles. The number of carbonyl (C=O) groups is 1. The van der Waals surface area contributed by atoms with Crippen LogP contribution in [0.5, 0.6) is 0 Å². The number of nitro groups is 1. The zero-order chi connectivity index (χ0) is 15.4. The fourth-order valence-corrected chi connectivity index (χ4v) is 2.42. The maximum atomic E-state index is 12.0. The molecule has 21 heavy (non-hydrogen) atoms. The fourth-order valence-electron chi connectivity index (χ4n) is 2.21. The summed E-state index contributed by atoms with van der Waals surface area (Å²) in [6.07, 6.45) is 2.93. The van der Waals surface area contributed by atoms with Crippen LogP contribution in [0, 0.1) is 10.1 Å². The van der Waals surface area contributed by atoms with Crippen LogP contribution in [0.2, 0.25) is 5.02 Å². The third-order valence-electron chi connectivity index (χ3n) is 3.34. The molecule has 0 saturated carbocycles. The number of amides is 1. The van der Waals surface area contributed by atoms with E-state index in [1.54, 1.807) is 0 Å². The van der Waals surface area contributed by atoms with Crippen LogP contribution in [0.3, 0.4) is 0 Å². The maximum absolute atomic E-state index is 12.0. The first-order valence-corrected chi connectivity index (χ1v) is 7.00. The summed E-state index contributed by atoms with van der Waals surface area (Å²) in [4.78, 5) is 22.2. The Hall–Kier alpha value is -1.86. The molecular formula is C13H16ClN3O4. The molecule has 1 unspecified atom stereocenters. The van der Waals surface area contributed by atoms with Crippen molar-refractivity contribution in [3.05, 3.63) is 32.8 Å². The summed E-state index contributed by atoms with van der Waals surface area (Å²) in [6, 6.07) is 2.45. The van der Waals surface area contributed by atoms with Gasteiger partial charge in [0.1, 0.15) is 5.69 Å². The van der Waals surface area contributed by atoms with Gasteiger partial charge in [0, 0.05) is 24.8 Å². The minimum absolute atomic E-state index is 0.00604. The van der Waals surface area contributed by atoms with E-state index in [1.165, 1.54) is 6.07 Å². The Morgan fingerprint density at radius 3 is 2.95 bits per heavy atom.